The summed E-state index contributed by atoms with van der Waals surface area (Å²) in [5.74, 6) is 0.561. The number of rotatable bonds is 2. The third-order valence-corrected chi connectivity index (χ3v) is 3.26. The van der Waals surface area contributed by atoms with Gasteiger partial charge in [-0.05, 0) is 12.1 Å². The summed E-state index contributed by atoms with van der Waals surface area (Å²) in [5, 5.41) is 11.1. The molecule has 80 valence electrons. The average molecular weight is 231 g/mol. The van der Waals surface area contributed by atoms with E-state index in [1.807, 2.05) is 30.3 Å². The lowest BCUT2D eigenvalue weighted by Gasteiger charge is -2.02. The lowest BCUT2D eigenvalue weighted by atomic mass is 10.2. The summed E-state index contributed by atoms with van der Waals surface area (Å²) < 4.78 is 5.58. The number of hydrogen-bond donors (Lipinski definition) is 1. The first kappa shape index (κ1) is 9.57. The highest BCUT2D eigenvalue weighted by Crippen LogP contribution is 2.29. The Labute approximate surface area is 96.0 Å². The Morgan fingerprint density at radius 1 is 1.31 bits per heavy atom. The molecule has 2 heterocycles. The molecular weight excluding hydrogens is 222 g/mol. The number of nitrogens with zero attached hydrogens (tertiary/aromatic N) is 1. The molecule has 1 N–H and O–H groups in total. The molecule has 1 unspecified atom stereocenters. The molecule has 0 radical (unpaired) electrons. The molecule has 0 fully saturated rings. The largest absolute Gasteiger partial charge is 0.458 e. The maximum absolute atomic E-state index is 10.1. The number of furan rings is 1. The molecule has 0 aliphatic heterocycles. The zero-order valence-corrected chi connectivity index (χ0v) is 9.15. The van der Waals surface area contributed by atoms with Gasteiger partial charge in [0.2, 0.25) is 0 Å². The lowest BCUT2D eigenvalue weighted by molar-refractivity contribution is 0.195. The van der Waals surface area contributed by atoms with Crippen LogP contribution < -0.4 is 0 Å². The minimum Gasteiger partial charge on any atom is -0.458 e. The van der Waals surface area contributed by atoms with Crippen molar-refractivity contribution in [1.29, 1.82) is 0 Å². The second-order valence-electron chi connectivity index (χ2n) is 3.49. The molecular formula is C12H9NO2S. The SMILES string of the molecule is OC(c1cc2ccccc2o1)c1cncs1. The standard InChI is InChI=1S/C12H9NO2S/c14-12(11-6-13-7-16-11)10-5-8-3-1-2-4-9(8)15-10/h1-7,12,14H. The van der Waals surface area contributed by atoms with Crippen molar-refractivity contribution < 1.29 is 9.52 Å². The van der Waals surface area contributed by atoms with Crippen LogP contribution in [0.1, 0.15) is 16.7 Å². The number of hydrogen-bond acceptors (Lipinski definition) is 4. The highest BCUT2D eigenvalue weighted by atomic mass is 32.1. The molecule has 0 bridgehead atoms. The summed E-state index contributed by atoms with van der Waals surface area (Å²) in [6.07, 6.45) is 0.933. The Bertz CT molecular complexity index is 567. The lowest BCUT2D eigenvalue weighted by Crippen LogP contribution is -1.94. The summed E-state index contributed by atoms with van der Waals surface area (Å²) in [6, 6.07) is 9.56. The van der Waals surface area contributed by atoms with Crippen molar-refractivity contribution in [3.63, 3.8) is 0 Å². The molecule has 2 aromatic heterocycles. The molecule has 1 atom stereocenters. The van der Waals surface area contributed by atoms with Crippen LogP contribution in [-0.4, -0.2) is 10.1 Å². The quantitative estimate of drug-likeness (QED) is 0.737. The number of aromatic nitrogens is 1. The summed E-state index contributed by atoms with van der Waals surface area (Å²) in [5.41, 5.74) is 2.49. The number of aliphatic hydroxyl groups excluding tert-OH is 1. The predicted octanol–water partition coefficient (Wildman–Crippen LogP) is 2.97. The Morgan fingerprint density at radius 2 is 2.19 bits per heavy atom. The van der Waals surface area contributed by atoms with Gasteiger partial charge in [0.25, 0.3) is 0 Å². The summed E-state index contributed by atoms with van der Waals surface area (Å²) in [6.45, 7) is 0. The second-order valence-corrected chi connectivity index (χ2v) is 4.41. The molecule has 16 heavy (non-hydrogen) atoms. The van der Waals surface area contributed by atoms with E-state index in [9.17, 15) is 5.11 Å². The van der Waals surface area contributed by atoms with E-state index in [-0.39, 0.29) is 0 Å². The molecule has 0 aliphatic carbocycles. The summed E-state index contributed by atoms with van der Waals surface area (Å²) in [7, 11) is 0. The van der Waals surface area contributed by atoms with Crippen molar-refractivity contribution in [2.45, 2.75) is 6.10 Å². The van der Waals surface area contributed by atoms with Gasteiger partial charge in [-0.1, -0.05) is 18.2 Å². The Hall–Kier alpha value is -1.65. The van der Waals surface area contributed by atoms with Crippen LogP contribution in [-0.2, 0) is 0 Å². The van der Waals surface area contributed by atoms with Crippen molar-refractivity contribution in [3.05, 3.63) is 52.7 Å². The molecule has 0 aliphatic rings. The first-order valence-corrected chi connectivity index (χ1v) is 5.77. The van der Waals surface area contributed by atoms with E-state index in [2.05, 4.69) is 4.98 Å². The van der Waals surface area contributed by atoms with Crippen molar-refractivity contribution in [1.82, 2.24) is 4.98 Å². The highest BCUT2D eigenvalue weighted by Gasteiger charge is 2.16. The van der Waals surface area contributed by atoms with E-state index < -0.39 is 6.10 Å². The second kappa shape index (κ2) is 3.73. The zero-order chi connectivity index (χ0) is 11.0. The first-order chi connectivity index (χ1) is 7.84. The van der Waals surface area contributed by atoms with Crippen LogP contribution in [0.2, 0.25) is 0 Å². The van der Waals surface area contributed by atoms with Crippen molar-refractivity contribution in [3.8, 4) is 0 Å². The molecule has 4 heteroatoms. The first-order valence-electron chi connectivity index (χ1n) is 4.89. The number of fused-ring (bicyclic) bond motifs is 1. The molecule has 1 aromatic carbocycles. The molecule has 0 saturated heterocycles. The minimum atomic E-state index is -0.722. The van der Waals surface area contributed by atoms with Gasteiger partial charge < -0.3 is 9.52 Å². The van der Waals surface area contributed by atoms with Gasteiger partial charge in [-0.3, -0.25) is 4.98 Å². The van der Waals surface area contributed by atoms with Gasteiger partial charge in [-0.2, -0.15) is 0 Å². The zero-order valence-electron chi connectivity index (χ0n) is 8.33. The van der Waals surface area contributed by atoms with E-state index in [1.165, 1.54) is 11.3 Å². The molecule has 3 nitrogen and oxygen atoms in total. The van der Waals surface area contributed by atoms with E-state index in [4.69, 9.17) is 4.42 Å². The van der Waals surface area contributed by atoms with Crippen LogP contribution in [0.25, 0.3) is 11.0 Å². The van der Waals surface area contributed by atoms with Crippen LogP contribution in [0, 0.1) is 0 Å². The molecule has 0 amide bonds. The Morgan fingerprint density at radius 3 is 2.94 bits per heavy atom. The highest BCUT2D eigenvalue weighted by molar-refractivity contribution is 7.09. The minimum absolute atomic E-state index is 0.561. The van der Waals surface area contributed by atoms with Crippen molar-refractivity contribution in [2.24, 2.45) is 0 Å². The maximum atomic E-state index is 10.1. The van der Waals surface area contributed by atoms with Crippen LogP contribution >= 0.6 is 11.3 Å². The average Bonchev–Trinajstić information content (AvgIpc) is 2.97. The van der Waals surface area contributed by atoms with Crippen LogP contribution in [0.3, 0.4) is 0 Å². The third kappa shape index (κ3) is 1.52. The summed E-state index contributed by atoms with van der Waals surface area (Å²) >= 11 is 1.41. The van der Waals surface area contributed by atoms with E-state index in [1.54, 1.807) is 11.7 Å². The van der Waals surface area contributed by atoms with E-state index >= 15 is 0 Å². The topological polar surface area (TPSA) is 46.3 Å². The predicted molar refractivity (Wildman–Crippen MR) is 62.4 cm³/mol. The fourth-order valence-corrected chi connectivity index (χ4v) is 2.25. The van der Waals surface area contributed by atoms with Gasteiger partial charge >= 0.3 is 0 Å². The molecule has 3 rings (SSSR count). The molecule has 0 saturated carbocycles. The van der Waals surface area contributed by atoms with Gasteiger partial charge in [0.1, 0.15) is 17.4 Å². The summed E-state index contributed by atoms with van der Waals surface area (Å²) in [4.78, 5) is 4.73. The Balaban J connectivity index is 2.06. The normalized spacial score (nSPS) is 13.1. The van der Waals surface area contributed by atoms with Gasteiger partial charge in [-0.15, -0.1) is 11.3 Å². The van der Waals surface area contributed by atoms with Gasteiger partial charge in [0.05, 0.1) is 10.4 Å². The number of aliphatic hydroxyl groups is 1. The fraction of sp³-hybridized carbons (Fsp3) is 0.0833. The smallest absolute Gasteiger partial charge is 0.147 e. The van der Waals surface area contributed by atoms with Crippen molar-refractivity contribution >= 4 is 22.3 Å². The maximum Gasteiger partial charge on any atom is 0.147 e. The van der Waals surface area contributed by atoms with Crippen LogP contribution in [0.4, 0.5) is 0 Å². The molecule has 3 aromatic rings. The van der Waals surface area contributed by atoms with E-state index in [0.717, 1.165) is 15.8 Å². The number of benzene rings is 1. The van der Waals surface area contributed by atoms with Gasteiger partial charge in [0, 0.05) is 11.6 Å². The Kier molecular flexibility index (Phi) is 2.23. The van der Waals surface area contributed by atoms with Crippen molar-refractivity contribution in [2.75, 3.05) is 0 Å². The third-order valence-electron chi connectivity index (χ3n) is 2.44. The number of thiazole rings is 1. The van der Waals surface area contributed by atoms with Crippen LogP contribution in [0.15, 0.2) is 46.5 Å². The van der Waals surface area contributed by atoms with Crippen LogP contribution in [0.5, 0.6) is 0 Å². The monoisotopic (exact) mass is 231 g/mol. The fourth-order valence-electron chi connectivity index (χ4n) is 1.64. The van der Waals surface area contributed by atoms with Gasteiger partial charge in [0.15, 0.2) is 0 Å². The van der Waals surface area contributed by atoms with E-state index in [0.29, 0.717) is 5.76 Å². The number of para-hydroxylation sites is 1. The molecule has 0 spiro atoms. The van der Waals surface area contributed by atoms with Gasteiger partial charge in [-0.25, -0.2) is 0 Å².